The number of hydrogen-bond donors (Lipinski definition) is 3. The molecular weight excluding hydrogens is 419 g/mol. The number of nitrogens with two attached hydrogens (primary N) is 2. The maximum absolute atomic E-state index is 13.3. The first-order chi connectivity index (χ1) is 15.0. The molecule has 4 bridgehead atoms. The third kappa shape index (κ3) is 2.93. The van der Waals surface area contributed by atoms with Crippen molar-refractivity contribution in [2.45, 2.75) is 57.8 Å². The van der Waals surface area contributed by atoms with Crippen molar-refractivity contribution in [3.8, 4) is 0 Å². The van der Waals surface area contributed by atoms with Crippen LogP contribution in [0.5, 0.6) is 0 Å². The highest BCUT2D eigenvalue weighted by Gasteiger charge is 2.80. The van der Waals surface area contributed by atoms with Crippen LogP contribution in [0.1, 0.15) is 50.7 Å². The van der Waals surface area contributed by atoms with Crippen LogP contribution in [0.4, 0.5) is 19.0 Å². The van der Waals surface area contributed by atoms with Gasteiger partial charge in [-0.15, -0.1) is 0 Å². The Morgan fingerprint density at radius 1 is 1.41 bits per heavy atom. The minimum Gasteiger partial charge on any atom is -0.383 e. The van der Waals surface area contributed by atoms with Gasteiger partial charge in [-0.2, -0.15) is 13.2 Å². The van der Waals surface area contributed by atoms with E-state index in [-0.39, 0.29) is 34.7 Å². The number of alkyl halides is 3. The Balaban J connectivity index is 1.46. The number of halogens is 3. The Labute approximate surface area is 185 Å². The third-order valence-corrected chi connectivity index (χ3v) is 8.13. The van der Waals surface area contributed by atoms with Gasteiger partial charge >= 0.3 is 6.18 Å². The fourth-order valence-corrected chi connectivity index (χ4v) is 6.91. The van der Waals surface area contributed by atoms with E-state index < -0.39 is 17.6 Å². The van der Waals surface area contributed by atoms with E-state index in [1.165, 1.54) is 6.20 Å². The van der Waals surface area contributed by atoms with Crippen molar-refractivity contribution < 1.29 is 23.3 Å². The molecule has 0 radical (unpaired) electrons. The van der Waals surface area contributed by atoms with Gasteiger partial charge < -0.3 is 16.0 Å². The van der Waals surface area contributed by atoms with Crippen molar-refractivity contribution in [1.82, 2.24) is 9.88 Å². The number of likely N-dealkylation sites (tertiary alicyclic amines) is 1. The Morgan fingerprint density at radius 2 is 2.16 bits per heavy atom. The van der Waals surface area contributed by atoms with Crippen LogP contribution >= 0.6 is 0 Å². The summed E-state index contributed by atoms with van der Waals surface area (Å²) in [5.41, 5.74) is 5.51. The summed E-state index contributed by atoms with van der Waals surface area (Å²) >= 11 is 0. The van der Waals surface area contributed by atoms with Crippen LogP contribution in [-0.2, 0) is 11.0 Å². The Bertz CT molecular complexity index is 1020. The molecule has 4 aliphatic rings. The van der Waals surface area contributed by atoms with E-state index in [0.29, 0.717) is 24.2 Å². The molecule has 1 saturated heterocycles. The van der Waals surface area contributed by atoms with Crippen LogP contribution < -0.4 is 11.1 Å². The number of anilines is 1. The van der Waals surface area contributed by atoms with E-state index in [1.54, 1.807) is 6.08 Å². The molecule has 1 aliphatic heterocycles. The van der Waals surface area contributed by atoms with Crippen molar-refractivity contribution in [3.63, 3.8) is 0 Å². The van der Waals surface area contributed by atoms with Gasteiger partial charge in [-0.1, -0.05) is 0 Å². The van der Waals surface area contributed by atoms with Gasteiger partial charge in [0.15, 0.2) is 0 Å². The van der Waals surface area contributed by atoms with Crippen molar-refractivity contribution in [2.75, 3.05) is 12.3 Å². The van der Waals surface area contributed by atoms with Crippen molar-refractivity contribution in [3.05, 3.63) is 35.2 Å². The molecule has 0 aromatic carbocycles. The third-order valence-electron chi connectivity index (χ3n) is 8.13. The first-order valence-electron chi connectivity index (χ1n) is 11.3. The molecule has 9 heteroatoms. The number of aromatic nitrogens is 1. The average Bonchev–Trinajstić information content (AvgIpc) is 3.39. The topological polar surface area (TPSA) is 99.7 Å². The Morgan fingerprint density at radius 3 is 2.75 bits per heavy atom. The number of quaternary nitrogens is 1. The number of nitrogens with zero attached hydrogens (tertiary/aromatic N) is 2. The number of carbonyl (C=O) groups excluding carboxylic acids is 1. The van der Waals surface area contributed by atoms with Gasteiger partial charge in [0.1, 0.15) is 11.5 Å². The van der Waals surface area contributed by atoms with Crippen molar-refractivity contribution >= 4 is 17.4 Å². The predicted molar refractivity (Wildman–Crippen MR) is 112 cm³/mol. The summed E-state index contributed by atoms with van der Waals surface area (Å²) in [6.07, 6.45) is 1.99. The molecule has 6 nitrogen and oxygen atoms in total. The van der Waals surface area contributed by atoms with Crippen LogP contribution in [0.3, 0.4) is 0 Å². The minimum atomic E-state index is -4.62. The second kappa shape index (κ2) is 7.04. The molecule has 5 N–H and O–H groups in total. The number of rotatable bonds is 6. The lowest BCUT2D eigenvalue weighted by molar-refractivity contribution is -0.652. The lowest BCUT2D eigenvalue weighted by atomic mass is 9.46. The van der Waals surface area contributed by atoms with Gasteiger partial charge in [0.05, 0.1) is 22.7 Å². The quantitative estimate of drug-likeness (QED) is 0.583. The molecule has 5 atom stereocenters. The summed E-state index contributed by atoms with van der Waals surface area (Å²) in [6, 6.07) is 1.43. The standard InChI is InChI=1S/C23H28F3N5O/c1-11(2)30-18(8-17(27)12-6-16(23(24,25)26)21(28)29-10-12)22-9-13-14(22)7-15(22)20(13)31-5-3-4-19(31)32/h6,8,10-11,13-15,20,27,30H,3-5,7,9H2,1-2H3,(H2,28,29)/p+1. The van der Waals surface area contributed by atoms with E-state index in [2.05, 4.69) is 29.0 Å². The van der Waals surface area contributed by atoms with E-state index in [0.717, 1.165) is 37.6 Å². The molecule has 0 spiro atoms. The lowest BCUT2D eigenvalue weighted by Crippen LogP contribution is -2.90. The van der Waals surface area contributed by atoms with Gasteiger partial charge in [0.2, 0.25) is 5.91 Å². The van der Waals surface area contributed by atoms with Crippen LogP contribution in [0.15, 0.2) is 24.0 Å². The molecule has 5 rings (SSSR count). The molecule has 4 fully saturated rings. The zero-order chi connectivity index (χ0) is 23.0. The minimum absolute atomic E-state index is 0.00724. The maximum Gasteiger partial charge on any atom is 0.419 e. The average molecular weight is 449 g/mol. The van der Waals surface area contributed by atoms with Gasteiger partial charge in [-0.05, 0) is 56.9 Å². The zero-order valence-corrected chi connectivity index (χ0v) is 18.2. The Hall–Kier alpha value is -2.42. The summed E-state index contributed by atoms with van der Waals surface area (Å²) in [4.78, 5) is 18.2. The van der Waals surface area contributed by atoms with Gasteiger partial charge in [-0.3, -0.25) is 10.2 Å². The number of amides is 1. The SMILES string of the molecule is CC(C)[NH2+]C(=CC(=N)c1cnc(N)c(C(F)(F)F)c1)C12CC3C(N4CCCC4=O)C1CC32. The monoisotopic (exact) mass is 448 g/mol. The number of allylic oxidation sites excluding steroid dienone is 2. The molecule has 2 heterocycles. The fraction of sp³-hybridized carbons (Fsp3) is 0.609. The fourth-order valence-electron chi connectivity index (χ4n) is 6.91. The number of hydrogen-bond acceptors (Lipinski definition) is 4. The number of carbonyl (C=O) groups is 1. The summed E-state index contributed by atoms with van der Waals surface area (Å²) in [5.74, 6) is 1.05. The van der Waals surface area contributed by atoms with E-state index in [9.17, 15) is 18.0 Å². The number of nitrogens with one attached hydrogen (secondary N) is 1. The summed E-state index contributed by atoms with van der Waals surface area (Å²) in [6.45, 7) is 4.97. The second-order valence-corrected chi connectivity index (χ2v) is 10.1. The van der Waals surface area contributed by atoms with Gasteiger partial charge in [-0.25, -0.2) is 4.98 Å². The van der Waals surface area contributed by atoms with Crippen LogP contribution in [0, 0.1) is 28.6 Å². The predicted octanol–water partition coefficient (Wildman–Crippen LogP) is 2.55. The van der Waals surface area contributed by atoms with Gasteiger partial charge in [0, 0.05) is 36.8 Å². The zero-order valence-electron chi connectivity index (χ0n) is 18.2. The van der Waals surface area contributed by atoms with E-state index >= 15 is 0 Å². The molecule has 32 heavy (non-hydrogen) atoms. The summed E-state index contributed by atoms with van der Waals surface area (Å²) in [7, 11) is 0. The lowest BCUT2D eigenvalue weighted by Gasteiger charge is -2.57. The number of pyridine rings is 1. The first kappa shape index (κ1) is 21.4. The van der Waals surface area contributed by atoms with Crippen LogP contribution in [0.25, 0.3) is 0 Å². The molecule has 3 aliphatic carbocycles. The smallest absolute Gasteiger partial charge is 0.383 e. The highest BCUT2D eigenvalue weighted by Crippen LogP contribution is 2.80. The highest BCUT2D eigenvalue weighted by atomic mass is 19.4. The first-order valence-corrected chi connectivity index (χ1v) is 11.3. The van der Waals surface area contributed by atoms with Gasteiger partial charge in [0.25, 0.3) is 0 Å². The van der Waals surface area contributed by atoms with Crippen LogP contribution in [-0.4, -0.2) is 40.1 Å². The number of nitrogen functional groups attached to an aromatic ring is 1. The van der Waals surface area contributed by atoms with Crippen LogP contribution in [0.2, 0.25) is 0 Å². The summed E-state index contributed by atoms with van der Waals surface area (Å²) in [5, 5.41) is 10.7. The molecule has 3 saturated carbocycles. The summed E-state index contributed by atoms with van der Waals surface area (Å²) < 4.78 is 39.8. The second-order valence-electron chi connectivity index (χ2n) is 10.1. The Kier molecular flexibility index (Phi) is 4.71. The van der Waals surface area contributed by atoms with Crippen molar-refractivity contribution in [2.24, 2.45) is 23.2 Å². The molecule has 1 aromatic heterocycles. The largest absolute Gasteiger partial charge is 0.419 e. The van der Waals surface area contributed by atoms with E-state index in [4.69, 9.17) is 11.1 Å². The normalized spacial score (nSPS) is 33.5. The van der Waals surface area contributed by atoms with E-state index in [1.807, 2.05) is 0 Å². The molecule has 172 valence electrons. The highest BCUT2D eigenvalue weighted by molar-refractivity contribution is 6.06. The molecule has 5 unspecified atom stereocenters. The molecule has 1 aromatic rings. The molecule has 1 amide bonds. The van der Waals surface area contributed by atoms with Crippen molar-refractivity contribution in [1.29, 1.82) is 5.41 Å². The molecular formula is C23H29F3N5O+. The maximum atomic E-state index is 13.3.